The second-order valence-corrected chi connectivity index (χ2v) is 8.26. The summed E-state index contributed by atoms with van der Waals surface area (Å²) in [4.78, 5) is 23.3. The van der Waals surface area contributed by atoms with Crippen LogP contribution in [0.4, 0.5) is 10.1 Å². The Hall–Kier alpha value is -3.26. The van der Waals surface area contributed by atoms with E-state index < -0.39 is 5.82 Å². The monoisotopic (exact) mass is 422 g/mol. The molecule has 4 heterocycles. The second kappa shape index (κ2) is 8.11. The Morgan fingerprint density at radius 3 is 2.61 bits per heavy atom. The minimum Gasteiger partial charge on any atom is -0.367 e. The highest BCUT2D eigenvalue weighted by molar-refractivity contribution is 5.77. The molecule has 3 aromatic rings. The molecule has 8 heteroatoms. The quantitative estimate of drug-likeness (QED) is 0.705. The van der Waals surface area contributed by atoms with Crippen molar-refractivity contribution in [3.8, 4) is 0 Å². The van der Waals surface area contributed by atoms with Crippen molar-refractivity contribution in [1.82, 2.24) is 19.3 Å². The lowest BCUT2D eigenvalue weighted by atomic mass is 10.1. The fraction of sp³-hybridized carbons (Fsp3) is 0.348. The Kier molecular flexibility index (Phi) is 5.49. The molecule has 3 aromatic heterocycles. The lowest BCUT2D eigenvalue weighted by molar-refractivity contribution is 0.0931. The molecular formula is C23H27FN6O. The van der Waals surface area contributed by atoms with Crippen LogP contribution in [0.15, 0.2) is 48.4 Å². The molecule has 1 aliphatic heterocycles. The number of anilines is 1. The van der Waals surface area contributed by atoms with Crippen LogP contribution in [0.3, 0.4) is 0 Å². The number of halogens is 1. The zero-order valence-electron chi connectivity index (χ0n) is 18.3. The molecule has 0 aliphatic carbocycles. The summed E-state index contributed by atoms with van der Waals surface area (Å²) in [5.74, 6) is -0.602. The molecule has 7 nitrogen and oxygen atoms in total. The van der Waals surface area contributed by atoms with E-state index in [-0.39, 0.29) is 11.6 Å². The van der Waals surface area contributed by atoms with Crippen LogP contribution in [-0.2, 0) is 0 Å². The molecule has 1 N–H and O–H groups in total. The molecule has 0 amide bonds. The van der Waals surface area contributed by atoms with Gasteiger partial charge in [0.05, 0.1) is 17.1 Å². The number of pyridine rings is 2. The number of aryl methyl sites for hydroxylation is 1. The van der Waals surface area contributed by atoms with Crippen molar-refractivity contribution in [1.29, 1.82) is 0 Å². The first-order valence-corrected chi connectivity index (χ1v) is 10.3. The Labute approximate surface area is 180 Å². The van der Waals surface area contributed by atoms with E-state index in [9.17, 15) is 9.18 Å². The van der Waals surface area contributed by atoms with Crippen LogP contribution >= 0.6 is 0 Å². The Morgan fingerprint density at radius 2 is 1.94 bits per heavy atom. The van der Waals surface area contributed by atoms with E-state index in [4.69, 9.17) is 0 Å². The number of hydrogen-bond donors (Lipinski definition) is 1. The number of fused-ring (bicyclic) bond motifs is 1. The van der Waals surface area contributed by atoms with Crippen LogP contribution in [0.25, 0.3) is 11.3 Å². The highest BCUT2D eigenvalue weighted by Crippen LogP contribution is 2.19. The lowest BCUT2D eigenvalue weighted by Crippen LogP contribution is -2.54. The fourth-order valence-corrected chi connectivity index (χ4v) is 4.09. The van der Waals surface area contributed by atoms with Gasteiger partial charge in [-0.1, -0.05) is 6.58 Å². The maximum Gasteiger partial charge on any atom is 0.229 e. The molecule has 162 valence electrons. The molecule has 31 heavy (non-hydrogen) atoms. The molecule has 4 rings (SSSR count). The maximum atomic E-state index is 14.5. The van der Waals surface area contributed by atoms with E-state index in [0.29, 0.717) is 28.8 Å². The normalized spacial score (nSPS) is 19.8. The van der Waals surface area contributed by atoms with Gasteiger partial charge in [-0.05, 0) is 39.0 Å². The van der Waals surface area contributed by atoms with Gasteiger partial charge in [-0.25, -0.2) is 14.4 Å². The van der Waals surface area contributed by atoms with Gasteiger partial charge in [0, 0.05) is 56.3 Å². The van der Waals surface area contributed by atoms with Crippen LogP contribution in [-0.4, -0.2) is 45.0 Å². The number of rotatable bonds is 3. The van der Waals surface area contributed by atoms with Gasteiger partial charge >= 0.3 is 0 Å². The van der Waals surface area contributed by atoms with E-state index in [2.05, 4.69) is 40.6 Å². The first-order valence-electron chi connectivity index (χ1n) is 10.3. The third-order valence-electron chi connectivity index (χ3n) is 5.38. The third-order valence-corrected chi connectivity index (χ3v) is 5.38. The number of carbonyl (C=O) groups excluding carboxylic acids is 1. The number of nitrogens with one attached hydrogen (secondary N) is 1. The summed E-state index contributed by atoms with van der Waals surface area (Å²) in [5.41, 5.74) is 3.27. The van der Waals surface area contributed by atoms with Gasteiger partial charge in [0.1, 0.15) is 5.49 Å². The molecule has 2 atom stereocenters. The van der Waals surface area contributed by atoms with Crippen LogP contribution in [0, 0.1) is 12.7 Å². The minimum atomic E-state index is -0.446. The van der Waals surface area contributed by atoms with Gasteiger partial charge in [-0.15, -0.1) is 0 Å². The fourth-order valence-electron chi connectivity index (χ4n) is 4.09. The molecule has 0 aromatic carbocycles. The van der Waals surface area contributed by atoms with Crippen molar-refractivity contribution >= 4 is 22.9 Å². The number of hydrogen-bond acceptors (Lipinski definition) is 5. The topological polar surface area (TPSA) is 66.9 Å². The van der Waals surface area contributed by atoms with Crippen molar-refractivity contribution in [2.24, 2.45) is 4.99 Å². The van der Waals surface area contributed by atoms with Crippen molar-refractivity contribution in [2.45, 2.75) is 39.8 Å². The van der Waals surface area contributed by atoms with Gasteiger partial charge in [0.15, 0.2) is 11.5 Å². The SMILES string of the molecule is C=C(N=c1ccc(N2CC(C)NC(C)C2)cn1C(C)=O)c1cc(F)c2nc(C)cn2c1. The van der Waals surface area contributed by atoms with Crippen molar-refractivity contribution in [2.75, 3.05) is 18.0 Å². The third kappa shape index (κ3) is 4.29. The molecule has 1 saturated heterocycles. The van der Waals surface area contributed by atoms with E-state index in [1.54, 1.807) is 22.9 Å². The molecule has 2 unspecified atom stereocenters. The van der Waals surface area contributed by atoms with Crippen molar-refractivity contribution in [3.63, 3.8) is 0 Å². The average molecular weight is 423 g/mol. The first kappa shape index (κ1) is 21.0. The number of nitrogens with zero attached hydrogens (tertiary/aromatic N) is 5. The highest BCUT2D eigenvalue weighted by atomic mass is 19.1. The van der Waals surface area contributed by atoms with E-state index in [0.717, 1.165) is 24.5 Å². The first-order chi connectivity index (χ1) is 14.7. The van der Waals surface area contributed by atoms with Crippen LogP contribution in [0.5, 0.6) is 0 Å². The van der Waals surface area contributed by atoms with Gasteiger partial charge in [-0.3, -0.25) is 9.36 Å². The predicted molar refractivity (Wildman–Crippen MR) is 119 cm³/mol. The zero-order chi connectivity index (χ0) is 22.3. The minimum absolute atomic E-state index is 0.156. The van der Waals surface area contributed by atoms with Crippen LogP contribution < -0.4 is 15.7 Å². The lowest BCUT2D eigenvalue weighted by Gasteiger charge is -2.37. The molecule has 0 radical (unpaired) electrons. The summed E-state index contributed by atoms with van der Waals surface area (Å²) in [7, 11) is 0. The number of piperazine rings is 1. The molecular weight excluding hydrogens is 395 g/mol. The molecule has 0 saturated carbocycles. The Balaban J connectivity index is 1.71. The van der Waals surface area contributed by atoms with Gasteiger partial charge < -0.3 is 14.6 Å². The van der Waals surface area contributed by atoms with Crippen molar-refractivity contribution < 1.29 is 9.18 Å². The van der Waals surface area contributed by atoms with Crippen molar-refractivity contribution in [3.05, 3.63) is 65.9 Å². The average Bonchev–Trinajstić information content (AvgIpc) is 3.08. The van der Waals surface area contributed by atoms with E-state index >= 15 is 0 Å². The van der Waals surface area contributed by atoms with Gasteiger partial charge in [-0.2, -0.15) is 0 Å². The molecule has 1 aliphatic rings. The highest BCUT2D eigenvalue weighted by Gasteiger charge is 2.21. The van der Waals surface area contributed by atoms with Crippen LogP contribution in [0.2, 0.25) is 0 Å². The van der Waals surface area contributed by atoms with Crippen LogP contribution in [0.1, 0.15) is 36.8 Å². The summed E-state index contributed by atoms with van der Waals surface area (Å²) in [6, 6.07) is 5.84. The molecule has 0 bridgehead atoms. The Morgan fingerprint density at radius 1 is 1.23 bits per heavy atom. The van der Waals surface area contributed by atoms with E-state index in [1.165, 1.54) is 17.6 Å². The smallest absolute Gasteiger partial charge is 0.229 e. The zero-order valence-corrected chi connectivity index (χ0v) is 18.3. The van der Waals surface area contributed by atoms with E-state index in [1.807, 2.05) is 19.2 Å². The summed E-state index contributed by atoms with van der Waals surface area (Å²) in [6.45, 7) is 13.3. The number of carbonyl (C=O) groups is 1. The number of aromatic nitrogens is 3. The maximum absolute atomic E-state index is 14.5. The molecule has 1 fully saturated rings. The molecule has 0 spiro atoms. The Bertz CT molecular complexity index is 1230. The summed E-state index contributed by atoms with van der Waals surface area (Å²) in [5, 5.41) is 3.51. The summed E-state index contributed by atoms with van der Waals surface area (Å²) in [6.07, 6.45) is 5.29. The van der Waals surface area contributed by atoms with Gasteiger partial charge in [0.25, 0.3) is 0 Å². The summed E-state index contributed by atoms with van der Waals surface area (Å²) >= 11 is 0. The number of imidazole rings is 1. The predicted octanol–water partition coefficient (Wildman–Crippen LogP) is 3.00. The largest absolute Gasteiger partial charge is 0.367 e. The van der Waals surface area contributed by atoms with Gasteiger partial charge in [0.2, 0.25) is 5.91 Å². The summed E-state index contributed by atoms with van der Waals surface area (Å²) < 4.78 is 17.6. The second-order valence-electron chi connectivity index (χ2n) is 8.26. The standard InChI is InChI=1S/C23H27FN6O/c1-14-9-28(10-15(2)25-14)20-6-7-22(30(13-20)18(5)31)27-17(4)19-8-21(24)23-26-16(3)11-29(23)12-19/h6-8,11-15,25H,4,9-10H2,1-3,5H3.